The highest BCUT2D eigenvalue weighted by Crippen LogP contribution is 2.24. The van der Waals surface area contributed by atoms with Gasteiger partial charge in [-0.25, -0.2) is 4.39 Å². The second-order valence-electron chi connectivity index (χ2n) is 4.11. The fourth-order valence-corrected chi connectivity index (χ4v) is 1.97. The van der Waals surface area contributed by atoms with Gasteiger partial charge in [-0.05, 0) is 23.4 Å². The van der Waals surface area contributed by atoms with E-state index in [4.69, 9.17) is 10.3 Å². The lowest BCUT2D eigenvalue weighted by molar-refractivity contribution is 0.423. The average molecular weight is 267 g/mol. The molecule has 0 aliphatic rings. The molecule has 1 heterocycles. The Morgan fingerprint density at radius 2 is 2.22 bits per heavy atom. The van der Waals surface area contributed by atoms with Crippen molar-refractivity contribution in [3.05, 3.63) is 29.8 Å². The van der Waals surface area contributed by atoms with E-state index in [0.29, 0.717) is 22.5 Å². The molecule has 0 unspecified atom stereocenters. The van der Waals surface area contributed by atoms with Crippen LogP contribution in [0.1, 0.15) is 19.7 Å². The molecule has 0 aliphatic heterocycles. The van der Waals surface area contributed by atoms with Crippen molar-refractivity contribution in [3.8, 4) is 11.5 Å². The second kappa shape index (κ2) is 5.39. The highest BCUT2D eigenvalue weighted by molar-refractivity contribution is 7.99. The van der Waals surface area contributed by atoms with Gasteiger partial charge >= 0.3 is 0 Å². The van der Waals surface area contributed by atoms with E-state index >= 15 is 0 Å². The smallest absolute Gasteiger partial charge is 0.261 e. The summed E-state index contributed by atoms with van der Waals surface area (Å²) in [6.45, 7) is 4.17. The summed E-state index contributed by atoms with van der Waals surface area (Å²) in [5.74, 6) is 0.950. The molecule has 0 bridgehead atoms. The van der Waals surface area contributed by atoms with Gasteiger partial charge in [0.2, 0.25) is 0 Å². The van der Waals surface area contributed by atoms with Crippen molar-refractivity contribution in [1.82, 2.24) is 10.1 Å². The van der Waals surface area contributed by atoms with Crippen molar-refractivity contribution < 1.29 is 8.91 Å². The van der Waals surface area contributed by atoms with E-state index in [1.54, 1.807) is 11.8 Å². The topological polar surface area (TPSA) is 64.9 Å². The summed E-state index contributed by atoms with van der Waals surface area (Å²) in [4.78, 5) is 4.16. The van der Waals surface area contributed by atoms with Crippen LogP contribution in [-0.4, -0.2) is 15.4 Å². The zero-order valence-electron chi connectivity index (χ0n) is 10.2. The molecular weight excluding hydrogens is 253 g/mol. The number of hydrogen-bond acceptors (Lipinski definition) is 5. The molecule has 2 aromatic rings. The van der Waals surface area contributed by atoms with E-state index in [9.17, 15) is 4.39 Å². The molecule has 1 aromatic heterocycles. The van der Waals surface area contributed by atoms with E-state index < -0.39 is 5.82 Å². The molecule has 2 N–H and O–H groups in total. The summed E-state index contributed by atoms with van der Waals surface area (Å²) in [6, 6.07) is 4.27. The Kier molecular flexibility index (Phi) is 3.86. The molecule has 0 fully saturated rings. The molecule has 0 amide bonds. The predicted octanol–water partition coefficient (Wildman–Crippen LogP) is 3.10. The summed E-state index contributed by atoms with van der Waals surface area (Å²) in [5, 5.41) is 4.30. The SMILES string of the molecule is CC(C)SCc1noc(-c2cc(N)ccc2F)n1. The van der Waals surface area contributed by atoms with Crippen molar-refractivity contribution in [2.45, 2.75) is 24.9 Å². The molecule has 6 heteroatoms. The number of halogens is 1. The molecule has 0 atom stereocenters. The number of aromatic nitrogens is 2. The number of nitrogens with two attached hydrogens (primary N) is 1. The van der Waals surface area contributed by atoms with Gasteiger partial charge in [-0.2, -0.15) is 16.7 Å². The first-order valence-electron chi connectivity index (χ1n) is 5.56. The number of hydrogen-bond donors (Lipinski definition) is 1. The van der Waals surface area contributed by atoms with Crippen LogP contribution < -0.4 is 5.73 Å². The van der Waals surface area contributed by atoms with Crippen LogP contribution in [0, 0.1) is 5.82 Å². The Balaban J connectivity index is 2.21. The van der Waals surface area contributed by atoms with Crippen LogP contribution in [0.5, 0.6) is 0 Å². The van der Waals surface area contributed by atoms with Crippen molar-refractivity contribution in [3.63, 3.8) is 0 Å². The Morgan fingerprint density at radius 3 is 2.94 bits per heavy atom. The maximum atomic E-state index is 13.6. The second-order valence-corrected chi connectivity index (χ2v) is 5.68. The molecular formula is C12H14FN3OS. The van der Waals surface area contributed by atoms with Crippen LogP contribution in [0.4, 0.5) is 10.1 Å². The molecule has 0 radical (unpaired) electrons. The number of rotatable bonds is 4. The number of benzene rings is 1. The molecule has 96 valence electrons. The molecule has 0 saturated carbocycles. The third-order valence-electron chi connectivity index (χ3n) is 2.23. The first kappa shape index (κ1) is 12.9. The minimum absolute atomic E-state index is 0.166. The Bertz CT molecular complexity index is 542. The van der Waals surface area contributed by atoms with Crippen LogP contribution >= 0.6 is 11.8 Å². The minimum Gasteiger partial charge on any atom is -0.399 e. The average Bonchev–Trinajstić information content (AvgIpc) is 2.78. The van der Waals surface area contributed by atoms with Crippen LogP contribution in [0.3, 0.4) is 0 Å². The predicted molar refractivity (Wildman–Crippen MR) is 70.5 cm³/mol. The van der Waals surface area contributed by atoms with Gasteiger partial charge in [-0.1, -0.05) is 19.0 Å². The van der Waals surface area contributed by atoms with Gasteiger partial charge < -0.3 is 10.3 Å². The van der Waals surface area contributed by atoms with Crippen molar-refractivity contribution in [2.24, 2.45) is 0 Å². The lowest BCUT2D eigenvalue weighted by Crippen LogP contribution is -1.92. The summed E-state index contributed by atoms with van der Waals surface area (Å²) in [7, 11) is 0. The van der Waals surface area contributed by atoms with Gasteiger partial charge in [0, 0.05) is 5.69 Å². The molecule has 1 aromatic carbocycles. The minimum atomic E-state index is -0.420. The van der Waals surface area contributed by atoms with Crippen LogP contribution in [0.25, 0.3) is 11.5 Å². The van der Waals surface area contributed by atoms with Crippen LogP contribution in [0.15, 0.2) is 22.7 Å². The van der Waals surface area contributed by atoms with Crippen molar-refractivity contribution in [2.75, 3.05) is 5.73 Å². The van der Waals surface area contributed by atoms with Crippen LogP contribution in [0.2, 0.25) is 0 Å². The zero-order valence-corrected chi connectivity index (χ0v) is 11.0. The van der Waals surface area contributed by atoms with E-state index in [2.05, 4.69) is 24.0 Å². The molecule has 0 spiro atoms. The van der Waals surface area contributed by atoms with Gasteiger partial charge in [-0.15, -0.1) is 0 Å². The summed E-state index contributed by atoms with van der Waals surface area (Å²) >= 11 is 1.70. The van der Waals surface area contributed by atoms with Gasteiger partial charge in [0.1, 0.15) is 5.82 Å². The first-order chi connectivity index (χ1) is 8.56. The number of nitrogens with zero attached hydrogens (tertiary/aromatic N) is 2. The van der Waals surface area contributed by atoms with Gasteiger partial charge in [-0.3, -0.25) is 0 Å². The highest BCUT2D eigenvalue weighted by atomic mass is 32.2. The maximum Gasteiger partial charge on any atom is 0.261 e. The lowest BCUT2D eigenvalue weighted by atomic mass is 10.2. The maximum absolute atomic E-state index is 13.6. The molecule has 4 nitrogen and oxygen atoms in total. The largest absolute Gasteiger partial charge is 0.399 e. The van der Waals surface area contributed by atoms with Gasteiger partial charge in [0.05, 0.1) is 11.3 Å². The number of thioether (sulfide) groups is 1. The van der Waals surface area contributed by atoms with E-state index in [0.717, 1.165) is 0 Å². The normalized spacial score (nSPS) is 11.1. The third-order valence-corrected chi connectivity index (χ3v) is 3.33. The number of anilines is 1. The van der Waals surface area contributed by atoms with Crippen molar-refractivity contribution in [1.29, 1.82) is 0 Å². The van der Waals surface area contributed by atoms with Gasteiger partial charge in [0.25, 0.3) is 5.89 Å². The standard InChI is InChI=1S/C12H14FN3OS/c1-7(2)18-6-11-15-12(17-16-11)9-5-8(14)3-4-10(9)13/h3-5,7H,6,14H2,1-2H3. The summed E-state index contributed by atoms with van der Waals surface area (Å²) in [6.07, 6.45) is 0. The highest BCUT2D eigenvalue weighted by Gasteiger charge is 2.13. The molecule has 18 heavy (non-hydrogen) atoms. The molecule has 2 rings (SSSR count). The molecule has 0 saturated heterocycles. The number of nitrogen functional groups attached to an aromatic ring is 1. The Labute approximate surface area is 109 Å². The summed E-state index contributed by atoms with van der Waals surface area (Å²) in [5.41, 5.74) is 6.31. The van der Waals surface area contributed by atoms with E-state index in [1.165, 1.54) is 18.2 Å². The fraction of sp³-hybridized carbons (Fsp3) is 0.333. The zero-order chi connectivity index (χ0) is 13.1. The Morgan fingerprint density at radius 1 is 1.44 bits per heavy atom. The lowest BCUT2D eigenvalue weighted by Gasteiger charge is -1.99. The van der Waals surface area contributed by atoms with Crippen molar-refractivity contribution >= 4 is 17.4 Å². The fourth-order valence-electron chi connectivity index (χ4n) is 1.37. The van der Waals surface area contributed by atoms with E-state index in [1.807, 2.05) is 0 Å². The first-order valence-corrected chi connectivity index (χ1v) is 6.60. The monoisotopic (exact) mass is 267 g/mol. The quantitative estimate of drug-likeness (QED) is 0.862. The molecule has 0 aliphatic carbocycles. The van der Waals surface area contributed by atoms with Crippen LogP contribution in [-0.2, 0) is 5.75 Å². The van der Waals surface area contributed by atoms with E-state index in [-0.39, 0.29) is 11.5 Å². The Hall–Kier alpha value is -1.56. The van der Waals surface area contributed by atoms with Gasteiger partial charge in [0.15, 0.2) is 5.82 Å². The summed E-state index contributed by atoms with van der Waals surface area (Å²) < 4.78 is 18.6. The third kappa shape index (κ3) is 3.01.